The standard InChI is InChI=1S/C25H18Cl2N4OS/c1-15-21(24-29-23(30-32-24)17-8-6-10-19(27)14-17)22(16-7-5-9-18(26)13-16)28-25(33)31(15)20-11-3-2-4-12-20/h2-14,22H,1H3,(H,28,33). The van der Waals surface area contributed by atoms with Crippen LogP contribution in [-0.2, 0) is 0 Å². The molecule has 0 radical (unpaired) electrons. The minimum atomic E-state index is -0.316. The summed E-state index contributed by atoms with van der Waals surface area (Å²) in [5.41, 5.74) is 4.35. The van der Waals surface area contributed by atoms with E-state index >= 15 is 0 Å². The Balaban J connectivity index is 1.67. The van der Waals surface area contributed by atoms with E-state index in [1.165, 1.54) is 0 Å². The van der Waals surface area contributed by atoms with Gasteiger partial charge in [-0.2, -0.15) is 4.98 Å². The fourth-order valence-corrected chi connectivity index (χ4v) is 4.67. The highest BCUT2D eigenvalue weighted by Crippen LogP contribution is 2.39. The largest absolute Gasteiger partial charge is 0.351 e. The molecule has 0 aliphatic carbocycles. The highest BCUT2D eigenvalue weighted by Gasteiger charge is 2.34. The molecule has 1 atom stereocenters. The molecule has 1 aliphatic heterocycles. The van der Waals surface area contributed by atoms with Gasteiger partial charge in [-0.1, -0.05) is 70.8 Å². The van der Waals surface area contributed by atoms with Crippen LogP contribution in [0.1, 0.15) is 24.4 Å². The SMILES string of the molecule is CC1=C(c2nc(-c3cccc(Cl)c3)no2)C(c2cccc(Cl)c2)NC(=S)N1c1ccccc1. The molecule has 5 nitrogen and oxygen atoms in total. The van der Waals surface area contributed by atoms with Crippen molar-refractivity contribution in [2.75, 3.05) is 4.90 Å². The zero-order chi connectivity index (χ0) is 22.9. The van der Waals surface area contributed by atoms with Crippen LogP contribution in [0.5, 0.6) is 0 Å². The maximum Gasteiger partial charge on any atom is 0.258 e. The first-order valence-electron chi connectivity index (χ1n) is 10.2. The van der Waals surface area contributed by atoms with Gasteiger partial charge in [-0.3, -0.25) is 4.90 Å². The van der Waals surface area contributed by atoms with Crippen molar-refractivity contribution >= 4 is 51.8 Å². The third kappa shape index (κ3) is 4.25. The number of anilines is 1. The van der Waals surface area contributed by atoms with E-state index in [4.69, 9.17) is 44.9 Å². The van der Waals surface area contributed by atoms with Crippen molar-refractivity contribution < 1.29 is 4.52 Å². The molecule has 33 heavy (non-hydrogen) atoms. The molecule has 0 amide bonds. The predicted molar refractivity (Wildman–Crippen MR) is 136 cm³/mol. The van der Waals surface area contributed by atoms with Crippen LogP contribution in [0.15, 0.2) is 89.1 Å². The minimum Gasteiger partial charge on any atom is -0.351 e. The molecule has 164 valence electrons. The fraction of sp³-hybridized carbons (Fsp3) is 0.0800. The number of halogens is 2. The van der Waals surface area contributed by atoms with Crippen molar-refractivity contribution in [1.82, 2.24) is 15.5 Å². The molecule has 0 saturated carbocycles. The average Bonchev–Trinajstić information content (AvgIpc) is 3.29. The van der Waals surface area contributed by atoms with Gasteiger partial charge in [-0.15, -0.1) is 0 Å². The van der Waals surface area contributed by atoms with Gasteiger partial charge in [-0.25, -0.2) is 0 Å². The number of nitrogens with zero attached hydrogens (tertiary/aromatic N) is 3. The van der Waals surface area contributed by atoms with E-state index in [2.05, 4.69) is 10.5 Å². The molecule has 5 rings (SSSR count). The number of rotatable bonds is 4. The second-order valence-electron chi connectivity index (χ2n) is 7.54. The number of hydrogen-bond donors (Lipinski definition) is 1. The molecule has 3 aromatic carbocycles. The van der Waals surface area contributed by atoms with Gasteiger partial charge < -0.3 is 9.84 Å². The Morgan fingerprint density at radius 2 is 1.67 bits per heavy atom. The highest BCUT2D eigenvalue weighted by molar-refractivity contribution is 7.80. The van der Waals surface area contributed by atoms with E-state index in [0.29, 0.717) is 26.9 Å². The molecule has 4 aromatic rings. The maximum atomic E-state index is 6.30. The van der Waals surface area contributed by atoms with Crippen LogP contribution in [0.4, 0.5) is 5.69 Å². The number of nitrogens with one attached hydrogen (secondary N) is 1. The lowest BCUT2D eigenvalue weighted by molar-refractivity contribution is 0.404. The summed E-state index contributed by atoms with van der Waals surface area (Å²) in [6, 6.07) is 24.6. The zero-order valence-electron chi connectivity index (χ0n) is 17.5. The van der Waals surface area contributed by atoms with Crippen LogP contribution < -0.4 is 10.2 Å². The van der Waals surface area contributed by atoms with Crippen molar-refractivity contribution in [3.63, 3.8) is 0 Å². The third-order valence-electron chi connectivity index (χ3n) is 5.42. The zero-order valence-corrected chi connectivity index (χ0v) is 19.8. The quantitative estimate of drug-likeness (QED) is 0.312. The Bertz CT molecular complexity index is 1370. The molecule has 1 aliphatic rings. The number of allylic oxidation sites excluding steroid dienone is 1. The van der Waals surface area contributed by atoms with E-state index in [0.717, 1.165) is 28.1 Å². The Kier molecular flexibility index (Phi) is 5.89. The molecule has 1 unspecified atom stereocenters. The summed E-state index contributed by atoms with van der Waals surface area (Å²) in [5.74, 6) is 0.848. The monoisotopic (exact) mass is 492 g/mol. The van der Waals surface area contributed by atoms with Crippen molar-refractivity contribution in [3.8, 4) is 11.4 Å². The molecule has 0 saturated heterocycles. The molecule has 2 heterocycles. The van der Waals surface area contributed by atoms with Crippen molar-refractivity contribution in [2.45, 2.75) is 13.0 Å². The van der Waals surface area contributed by atoms with Gasteiger partial charge in [0.2, 0.25) is 5.82 Å². The lowest BCUT2D eigenvalue weighted by Gasteiger charge is -2.37. The summed E-state index contributed by atoms with van der Waals surface area (Å²) < 4.78 is 5.77. The highest BCUT2D eigenvalue weighted by atomic mass is 35.5. The van der Waals surface area contributed by atoms with Crippen LogP contribution >= 0.6 is 35.4 Å². The van der Waals surface area contributed by atoms with E-state index in [-0.39, 0.29) is 6.04 Å². The smallest absolute Gasteiger partial charge is 0.258 e. The topological polar surface area (TPSA) is 54.2 Å². The third-order valence-corrected chi connectivity index (χ3v) is 6.19. The lowest BCUT2D eigenvalue weighted by Crippen LogP contribution is -2.46. The number of hydrogen-bond acceptors (Lipinski definition) is 4. The maximum absolute atomic E-state index is 6.30. The Morgan fingerprint density at radius 1 is 0.939 bits per heavy atom. The second kappa shape index (κ2) is 8.98. The second-order valence-corrected chi connectivity index (χ2v) is 8.80. The van der Waals surface area contributed by atoms with Crippen LogP contribution in [0, 0.1) is 0 Å². The first kappa shape index (κ1) is 21.6. The van der Waals surface area contributed by atoms with E-state index in [1.807, 2.05) is 78.6 Å². The normalized spacial score (nSPS) is 16.2. The molecule has 1 aromatic heterocycles. The van der Waals surface area contributed by atoms with Gasteiger partial charge in [0, 0.05) is 27.0 Å². The van der Waals surface area contributed by atoms with Gasteiger partial charge >= 0.3 is 0 Å². The number of thiocarbonyl (C=S) groups is 1. The molecular weight excluding hydrogens is 475 g/mol. The summed E-state index contributed by atoms with van der Waals surface area (Å²) in [6.07, 6.45) is 0. The first-order valence-corrected chi connectivity index (χ1v) is 11.4. The van der Waals surface area contributed by atoms with E-state index < -0.39 is 0 Å². The summed E-state index contributed by atoms with van der Waals surface area (Å²) in [6.45, 7) is 2.00. The van der Waals surface area contributed by atoms with Gasteiger partial charge in [0.25, 0.3) is 5.89 Å². The molecule has 1 N–H and O–H groups in total. The van der Waals surface area contributed by atoms with Crippen LogP contribution in [0.25, 0.3) is 17.0 Å². The van der Waals surface area contributed by atoms with E-state index in [9.17, 15) is 0 Å². The van der Waals surface area contributed by atoms with Gasteiger partial charge in [0.1, 0.15) is 0 Å². The number of aromatic nitrogens is 2. The van der Waals surface area contributed by atoms with Crippen molar-refractivity contribution in [1.29, 1.82) is 0 Å². The van der Waals surface area contributed by atoms with Crippen molar-refractivity contribution in [2.24, 2.45) is 0 Å². The number of benzene rings is 3. The Hall–Kier alpha value is -3.19. The van der Waals surface area contributed by atoms with Crippen LogP contribution in [0.2, 0.25) is 10.0 Å². The Morgan fingerprint density at radius 3 is 2.39 bits per heavy atom. The summed E-state index contributed by atoms with van der Waals surface area (Å²) in [7, 11) is 0. The van der Waals surface area contributed by atoms with Gasteiger partial charge in [0.15, 0.2) is 5.11 Å². The van der Waals surface area contributed by atoms with Crippen LogP contribution in [-0.4, -0.2) is 15.3 Å². The molecule has 0 fully saturated rings. The fourth-order valence-electron chi connectivity index (χ4n) is 3.92. The first-order chi connectivity index (χ1) is 16.0. The average molecular weight is 493 g/mol. The van der Waals surface area contributed by atoms with Crippen molar-refractivity contribution in [3.05, 3.63) is 106 Å². The molecule has 0 spiro atoms. The molecule has 8 heteroatoms. The van der Waals surface area contributed by atoms with E-state index in [1.54, 1.807) is 12.1 Å². The minimum absolute atomic E-state index is 0.316. The summed E-state index contributed by atoms with van der Waals surface area (Å²) in [4.78, 5) is 6.68. The Labute approximate surface area is 206 Å². The van der Waals surface area contributed by atoms with Crippen LogP contribution in [0.3, 0.4) is 0 Å². The summed E-state index contributed by atoms with van der Waals surface area (Å²) >= 11 is 18.2. The predicted octanol–water partition coefficient (Wildman–Crippen LogP) is 6.91. The lowest BCUT2D eigenvalue weighted by atomic mass is 9.94. The molecule has 0 bridgehead atoms. The number of para-hydroxylation sites is 1. The molecular formula is C25H18Cl2N4OS. The van der Waals surface area contributed by atoms with Gasteiger partial charge in [-0.05, 0) is 61.1 Å². The summed E-state index contributed by atoms with van der Waals surface area (Å²) in [5, 5.41) is 9.46. The van der Waals surface area contributed by atoms with Gasteiger partial charge in [0.05, 0.1) is 11.6 Å².